The molecule has 1 aromatic carbocycles. The van der Waals surface area contributed by atoms with E-state index in [-0.39, 0.29) is 5.56 Å². The molecule has 3 N–H and O–H groups in total. The Labute approximate surface area is 108 Å². The second-order valence-electron chi connectivity index (χ2n) is 4.64. The molecule has 0 bridgehead atoms. The summed E-state index contributed by atoms with van der Waals surface area (Å²) in [5, 5.41) is 22.3. The number of nitrogens with one attached hydrogen (secondary N) is 1. The first-order valence-corrected chi connectivity index (χ1v) is 6.22. The second-order valence-corrected chi connectivity index (χ2v) is 4.64. The minimum atomic E-state index is -0.964. The van der Waals surface area contributed by atoms with Crippen molar-refractivity contribution >= 4 is 11.7 Å². The van der Waals surface area contributed by atoms with Gasteiger partial charge in [0.1, 0.15) is 0 Å². The quantitative estimate of drug-likeness (QED) is 0.727. The van der Waals surface area contributed by atoms with Crippen molar-refractivity contribution in [2.75, 3.05) is 11.9 Å². The fourth-order valence-electron chi connectivity index (χ4n) is 1.75. The Morgan fingerprint density at radius 1 is 1.33 bits per heavy atom. The third kappa shape index (κ3) is 3.47. The highest BCUT2D eigenvalue weighted by Crippen LogP contribution is 2.21. The molecule has 4 heteroatoms. The first-order valence-electron chi connectivity index (χ1n) is 6.22. The molecule has 0 radical (unpaired) electrons. The van der Waals surface area contributed by atoms with E-state index in [1.807, 2.05) is 20.8 Å². The average Bonchev–Trinajstić information content (AvgIpc) is 2.35. The first-order chi connectivity index (χ1) is 8.41. The summed E-state index contributed by atoms with van der Waals surface area (Å²) in [4.78, 5) is 11.1. The number of benzene rings is 1. The fraction of sp³-hybridized carbons (Fsp3) is 0.500. The van der Waals surface area contributed by atoms with Crippen LogP contribution in [-0.2, 0) is 0 Å². The predicted molar refractivity (Wildman–Crippen MR) is 72.2 cm³/mol. The molecule has 0 aliphatic carbocycles. The molecular formula is C14H21NO3. The zero-order valence-electron chi connectivity index (χ0n) is 11.2. The number of carbonyl (C=O) groups is 1. The van der Waals surface area contributed by atoms with Crippen LogP contribution in [-0.4, -0.2) is 28.3 Å². The van der Waals surface area contributed by atoms with Crippen molar-refractivity contribution in [3.05, 3.63) is 29.3 Å². The molecule has 0 amide bonds. The highest BCUT2D eigenvalue weighted by atomic mass is 16.4. The van der Waals surface area contributed by atoms with Gasteiger partial charge in [0.2, 0.25) is 0 Å². The molecular weight excluding hydrogens is 230 g/mol. The molecule has 1 aromatic rings. The smallest absolute Gasteiger partial charge is 0.337 e. The number of aromatic carboxylic acids is 1. The van der Waals surface area contributed by atoms with Crippen molar-refractivity contribution < 1.29 is 15.0 Å². The number of hydrogen-bond acceptors (Lipinski definition) is 3. The number of aryl methyl sites for hydroxylation is 1. The van der Waals surface area contributed by atoms with Gasteiger partial charge in [0.25, 0.3) is 0 Å². The standard InChI is InChI=1S/C14H21NO3/c1-4-14(18,5-2)9-15-12-8-10(3)6-7-11(12)13(16)17/h6-8,15,18H,4-5,9H2,1-3H3,(H,16,17). The predicted octanol–water partition coefficient (Wildman–Crippen LogP) is 2.66. The Hall–Kier alpha value is -1.55. The van der Waals surface area contributed by atoms with Gasteiger partial charge >= 0.3 is 5.97 Å². The highest BCUT2D eigenvalue weighted by molar-refractivity contribution is 5.94. The van der Waals surface area contributed by atoms with Gasteiger partial charge in [0.15, 0.2) is 0 Å². The summed E-state index contributed by atoms with van der Waals surface area (Å²) >= 11 is 0. The Bertz CT molecular complexity index is 425. The van der Waals surface area contributed by atoms with Crippen LogP contribution in [0, 0.1) is 6.92 Å². The van der Waals surface area contributed by atoms with E-state index >= 15 is 0 Å². The third-order valence-corrected chi connectivity index (χ3v) is 3.33. The lowest BCUT2D eigenvalue weighted by Crippen LogP contribution is -2.35. The van der Waals surface area contributed by atoms with Crippen molar-refractivity contribution in [3.63, 3.8) is 0 Å². The van der Waals surface area contributed by atoms with E-state index in [9.17, 15) is 9.90 Å². The molecule has 0 aromatic heterocycles. The maximum Gasteiger partial charge on any atom is 0.337 e. The average molecular weight is 251 g/mol. The first kappa shape index (κ1) is 14.5. The minimum absolute atomic E-state index is 0.232. The van der Waals surface area contributed by atoms with E-state index in [1.165, 1.54) is 0 Å². The normalized spacial score (nSPS) is 11.3. The van der Waals surface area contributed by atoms with Crippen LogP contribution >= 0.6 is 0 Å². The van der Waals surface area contributed by atoms with Crippen LogP contribution in [0.15, 0.2) is 18.2 Å². The third-order valence-electron chi connectivity index (χ3n) is 3.33. The van der Waals surface area contributed by atoms with Gasteiger partial charge in [0, 0.05) is 12.2 Å². The molecule has 0 unspecified atom stereocenters. The Kier molecular flexibility index (Phi) is 4.73. The Balaban J connectivity index is 2.90. The van der Waals surface area contributed by atoms with Crippen LogP contribution in [0.2, 0.25) is 0 Å². The molecule has 100 valence electrons. The van der Waals surface area contributed by atoms with Gasteiger partial charge in [-0.2, -0.15) is 0 Å². The number of aliphatic hydroxyl groups is 1. The van der Waals surface area contributed by atoms with Crippen LogP contribution in [0.25, 0.3) is 0 Å². The van der Waals surface area contributed by atoms with Crippen LogP contribution in [0.3, 0.4) is 0 Å². The van der Waals surface area contributed by atoms with Gasteiger partial charge in [-0.15, -0.1) is 0 Å². The van der Waals surface area contributed by atoms with Crippen molar-refractivity contribution in [1.82, 2.24) is 0 Å². The number of rotatable bonds is 6. The minimum Gasteiger partial charge on any atom is -0.478 e. The number of anilines is 1. The van der Waals surface area contributed by atoms with Gasteiger partial charge in [-0.3, -0.25) is 0 Å². The molecule has 18 heavy (non-hydrogen) atoms. The molecule has 0 saturated carbocycles. The molecule has 0 atom stereocenters. The number of hydrogen-bond donors (Lipinski definition) is 3. The molecule has 0 heterocycles. The second kappa shape index (κ2) is 5.87. The summed E-state index contributed by atoms with van der Waals surface area (Å²) in [7, 11) is 0. The van der Waals surface area contributed by atoms with Crippen molar-refractivity contribution in [1.29, 1.82) is 0 Å². The largest absolute Gasteiger partial charge is 0.478 e. The molecule has 1 rings (SSSR count). The summed E-state index contributed by atoms with van der Waals surface area (Å²) in [5.74, 6) is -0.964. The molecule has 0 aliphatic heterocycles. The maximum atomic E-state index is 11.1. The van der Waals surface area contributed by atoms with Gasteiger partial charge in [0.05, 0.1) is 11.2 Å². The van der Waals surface area contributed by atoms with Crippen molar-refractivity contribution in [2.24, 2.45) is 0 Å². The van der Waals surface area contributed by atoms with Crippen molar-refractivity contribution in [2.45, 2.75) is 39.2 Å². The molecule has 0 aliphatic rings. The van der Waals surface area contributed by atoms with Crippen LogP contribution < -0.4 is 5.32 Å². The van der Waals surface area contributed by atoms with Crippen LogP contribution in [0.1, 0.15) is 42.6 Å². The van der Waals surface area contributed by atoms with Crippen molar-refractivity contribution in [3.8, 4) is 0 Å². The van der Waals surface area contributed by atoms with E-state index in [4.69, 9.17) is 5.11 Å². The molecule has 0 saturated heterocycles. The van der Waals surface area contributed by atoms with Gasteiger partial charge < -0.3 is 15.5 Å². The highest BCUT2D eigenvalue weighted by Gasteiger charge is 2.22. The summed E-state index contributed by atoms with van der Waals surface area (Å²) in [6, 6.07) is 5.13. The summed E-state index contributed by atoms with van der Waals surface area (Å²) in [6.07, 6.45) is 1.26. The van der Waals surface area contributed by atoms with Crippen LogP contribution in [0.4, 0.5) is 5.69 Å². The van der Waals surface area contributed by atoms with E-state index in [1.54, 1.807) is 18.2 Å². The lowest BCUT2D eigenvalue weighted by atomic mass is 9.97. The summed E-state index contributed by atoms with van der Waals surface area (Å²) < 4.78 is 0. The Morgan fingerprint density at radius 3 is 2.44 bits per heavy atom. The SMILES string of the molecule is CCC(O)(CC)CNc1cc(C)ccc1C(=O)O. The van der Waals surface area contributed by atoms with E-state index < -0.39 is 11.6 Å². The molecule has 0 fully saturated rings. The van der Waals surface area contributed by atoms with Gasteiger partial charge in [-0.05, 0) is 37.5 Å². The number of carboxylic acid groups (broad SMARTS) is 1. The lowest BCUT2D eigenvalue weighted by Gasteiger charge is -2.26. The lowest BCUT2D eigenvalue weighted by molar-refractivity contribution is 0.0455. The monoisotopic (exact) mass is 251 g/mol. The van der Waals surface area contributed by atoms with Gasteiger partial charge in [-0.25, -0.2) is 4.79 Å². The summed E-state index contributed by atoms with van der Waals surface area (Å²) in [5.41, 5.74) is 0.983. The Morgan fingerprint density at radius 2 is 1.94 bits per heavy atom. The maximum absolute atomic E-state index is 11.1. The zero-order chi connectivity index (χ0) is 13.8. The van der Waals surface area contributed by atoms with E-state index in [2.05, 4.69) is 5.32 Å². The zero-order valence-corrected chi connectivity index (χ0v) is 11.2. The molecule has 4 nitrogen and oxygen atoms in total. The van der Waals surface area contributed by atoms with E-state index in [0.29, 0.717) is 25.1 Å². The summed E-state index contributed by atoms with van der Waals surface area (Å²) in [6.45, 7) is 6.09. The van der Waals surface area contributed by atoms with Crippen LogP contribution in [0.5, 0.6) is 0 Å². The fourth-order valence-corrected chi connectivity index (χ4v) is 1.75. The number of carboxylic acids is 1. The van der Waals surface area contributed by atoms with Gasteiger partial charge in [-0.1, -0.05) is 19.9 Å². The topological polar surface area (TPSA) is 69.6 Å². The molecule has 0 spiro atoms. The van der Waals surface area contributed by atoms with E-state index in [0.717, 1.165) is 5.56 Å².